The van der Waals surface area contributed by atoms with Crippen LogP contribution in [0.15, 0.2) is 30.3 Å². The number of piperidine rings is 1. The molecule has 1 aliphatic rings. The number of carbonyl (C=O) groups excluding carboxylic acids is 1. The highest BCUT2D eigenvalue weighted by Crippen LogP contribution is 2.20. The van der Waals surface area contributed by atoms with Crippen LogP contribution in [0.1, 0.15) is 57.4 Å². The fourth-order valence-electron chi connectivity index (χ4n) is 3.49. The SMILES string of the molecule is CC1CC(NC(=O)CCCCCCN)CCN1Cc1ccccc1. The summed E-state index contributed by atoms with van der Waals surface area (Å²) in [5.41, 5.74) is 6.85. The summed E-state index contributed by atoms with van der Waals surface area (Å²) in [6.45, 7) is 5.08. The molecule has 134 valence electrons. The molecule has 1 heterocycles. The Morgan fingerprint density at radius 1 is 1.21 bits per heavy atom. The Kier molecular flexibility index (Phi) is 8.26. The van der Waals surface area contributed by atoms with Crippen molar-refractivity contribution in [1.29, 1.82) is 0 Å². The Hall–Kier alpha value is -1.39. The average molecular weight is 332 g/mol. The molecular weight excluding hydrogens is 298 g/mol. The molecule has 24 heavy (non-hydrogen) atoms. The zero-order valence-electron chi connectivity index (χ0n) is 15.0. The number of hydrogen-bond acceptors (Lipinski definition) is 3. The predicted octanol–water partition coefficient (Wildman–Crippen LogP) is 3.06. The highest BCUT2D eigenvalue weighted by Gasteiger charge is 2.26. The number of nitrogens with two attached hydrogens (primary N) is 1. The summed E-state index contributed by atoms with van der Waals surface area (Å²) < 4.78 is 0. The van der Waals surface area contributed by atoms with Crippen LogP contribution in [-0.2, 0) is 11.3 Å². The lowest BCUT2D eigenvalue weighted by Gasteiger charge is -2.38. The van der Waals surface area contributed by atoms with Gasteiger partial charge in [0.2, 0.25) is 5.91 Å². The van der Waals surface area contributed by atoms with Crippen molar-refractivity contribution in [3.8, 4) is 0 Å². The molecule has 2 rings (SSSR count). The molecule has 1 aliphatic heterocycles. The smallest absolute Gasteiger partial charge is 0.220 e. The van der Waals surface area contributed by atoms with Crippen molar-refractivity contribution in [2.24, 2.45) is 5.73 Å². The minimum absolute atomic E-state index is 0.219. The maximum absolute atomic E-state index is 12.1. The molecule has 1 amide bonds. The first kappa shape index (κ1) is 18.9. The molecule has 0 spiro atoms. The predicted molar refractivity (Wildman–Crippen MR) is 99.6 cm³/mol. The lowest BCUT2D eigenvalue weighted by Crippen LogP contribution is -2.48. The van der Waals surface area contributed by atoms with E-state index in [9.17, 15) is 4.79 Å². The molecule has 1 saturated heterocycles. The Bertz CT molecular complexity index is 477. The van der Waals surface area contributed by atoms with Gasteiger partial charge in [-0.1, -0.05) is 43.2 Å². The van der Waals surface area contributed by atoms with E-state index in [4.69, 9.17) is 5.73 Å². The van der Waals surface area contributed by atoms with Crippen LogP contribution in [0.4, 0.5) is 0 Å². The van der Waals surface area contributed by atoms with Crippen LogP contribution in [0.2, 0.25) is 0 Å². The van der Waals surface area contributed by atoms with Gasteiger partial charge in [0.25, 0.3) is 0 Å². The van der Waals surface area contributed by atoms with Crippen molar-refractivity contribution in [2.75, 3.05) is 13.1 Å². The fourth-order valence-corrected chi connectivity index (χ4v) is 3.49. The normalized spacial score (nSPS) is 21.6. The Morgan fingerprint density at radius 3 is 2.67 bits per heavy atom. The number of amides is 1. The van der Waals surface area contributed by atoms with Crippen molar-refractivity contribution < 1.29 is 4.79 Å². The molecule has 1 aromatic rings. The van der Waals surface area contributed by atoms with E-state index < -0.39 is 0 Å². The van der Waals surface area contributed by atoms with Gasteiger partial charge in [0, 0.05) is 31.6 Å². The largest absolute Gasteiger partial charge is 0.353 e. The third-order valence-corrected chi connectivity index (χ3v) is 4.97. The molecule has 0 radical (unpaired) electrons. The van der Waals surface area contributed by atoms with Gasteiger partial charge in [-0.15, -0.1) is 0 Å². The van der Waals surface area contributed by atoms with Gasteiger partial charge in [-0.05, 0) is 44.7 Å². The van der Waals surface area contributed by atoms with Crippen LogP contribution in [-0.4, -0.2) is 36.0 Å². The summed E-state index contributed by atoms with van der Waals surface area (Å²) in [5, 5.41) is 3.23. The van der Waals surface area contributed by atoms with Gasteiger partial charge in [-0.25, -0.2) is 0 Å². The summed E-state index contributed by atoms with van der Waals surface area (Å²) in [7, 11) is 0. The number of nitrogens with zero attached hydrogens (tertiary/aromatic N) is 1. The summed E-state index contributed by atoms with van der Waals surface area (Å²) in [6.07, 6.45) is 7.05. The topological polar surface area (TPSA) is 58.4 Å². The van der Waals surface area contributed by atoms with E-state index in [-0.39, 0.29) is 5.91 Å². The van der Waals surface area contributed by atoms with E-state index in [1.54, 1.807) is 0 Å². The number of unbranched alkanes of at least 4 members (excludes halogenated alkanes) is 3. The fraction of sp³-hybridized carbons (Fsp3) is 0.650. The molecular formula is C20H33N3O. The number of hydrogen-bond donors (Lipinski definition) is 2. The van der Waals surface area contributed by atoms with E-state index in [0.717, 1.165) is 58.2 Å². The molecule has 1 fully saturated rings. The van der Waals surface area contributed by atoms with Crippen LogP contribution >= 0.6 is 0 Å². The van der Waals surface area contributed by atoms with Crippen LogP contribution in [0.5, 0.6) is 0 Å². The summed E-state index contributed by atoms with van der Waals surface area (Å²) in [4.78, 5) is 14.6. The lowest BCUT2D eigenvalue weighted by molar-refractivity contribution is -0.122. The maximum Gasteiger partial charge on any atom is 0.220 e. The van der Waals surface area contributed by atoms with Crippen LogP contribution in [0.3, 0.4) is 0 Å². The Balaban J connectivity index is 1.66. The molecule has 2 atom stereocenters. The second kappa shape index (κ2) is 10.5. The van der Waals surface area contributed by atoms with Crippen molar-refractivity contribution in [1.82, 2.24) is 10.2 Å². The molecule has 4 nitrogen and oxygen atoms in total. The molecule has 3 N–H and O–H groups in total. The number of likely N-dealkylation sites (tertiary alicyclic amines) is 1. The highest BCUT2D eigenvalue weighted by atomic mass is 16.1. The summed E-state index contributed by atoms with van der Waals surface area (Å²) >= 11 is 0. The van der Waals surface area contributed by atoms with Gasteiger partial charge in [0.05, 0.1) is 0 Å². The zero-order chi connectivity index (χ0) is 17.2. The van der Waals surface area contributed by atoms with E-state index in [1.807, 2.05) is 0 Å². The van der Waals surface area contributed by atoms with Crippen LogP contribution < -0.4 is 11.1 Å². The van der Waals surface area contributed by atoms with Gasteiger partial charge in [0.1, 0.15) is 0 Å². The Morgan fingerprint density at radius 2 is 1.96 bits per heavy atom. The van der Waals surface area contributed by atoms with Gasteiger partial charge in [0.15, 0.2) is 0 Å². The molecule has 4 heteroatoms. The lowest BCUT2D eigenvalue weighted by atomic mass is 9.97. The van der Waals surface area contributed by atoms with Crippen molar-refractivity contribution in [3.05, 3.63) is 35.9 Å². The average Bonchev–Trinajstić information content (AvgIpc) is 2.58. The third-order valence-electron chi connectivity index (χ3n) is 4.97. The maximum atomic E-state index is 12.1. The Labute approximate surface area is 146 Å². The number of nitrogens with one attached hydrogen (secondary N) is 1. The first-order chi connectivity index (χ1) is 11.7. The van der Waals surface area contributed by atoms with Gasteiger partial charge >= 0.3 is 0 Å². The molecule has 0 aromatic heterocycles. The van der Waals surface area contributed by atoms with Crippen molar-refractivity contribution >= 4 is 5.91 Å². The second-order valence-electron chi connectivity index (χ2n) is 7.05. The number of benzene rings is 1. The number of carbonyl (C=O) groups is 1. The molecule has 0 bridgehead atoms. The van der Waals surface area contributed by atoms with Crippen molar-refractivity contribution in [2.45, 2.75) is 70.5 Å². The monoisotopic (exact) mass is 331 g/mol. The first-order valence-corrected chi connectivity index (χ1v) is 9.46. The molecule has 0 saturated carbocycles. The second-order valence-corrected chi connectivity index (χ2v) is 7.05. The standard InChI is InChI=1S/C20H33N3O/c1-17-15-19(22-20(24)11-7-2-3-8-13-21)12-14-23(17)16-18-9-5-4-6-10-18/h4-6,9-10,17,19H,2-3,7-8,11-16,21H2,1H3,(H,22,24). The highest BCUT2D eigenvalue weighted by molar-refractivity contribution is 5.76. The van der Waals surface area contributed by atoms with Gasteiger partial charge < -0.3 is 11.1 Å². The van der Waals surface area contributed by atoms with E-state index in [0.29, 0.717) is 18.5 Å². The van der Waals surface area contributed by atoms with E-state index >= 15 is 0 Å². The minimum atomic E-state index is 0.219. The zero-order valence-corrected chi connectivity index (χ0v) is 15.0. The summed E-state index contributed by atoms with van der Waals surface area (Å²) in [5.74, 6) is 0.219. The quantitative estimate of drug-likeness (QED) is 0.684. The first-order valence-electron chi connectivity index (χ1n) is 9.46. The summed E-state index contributed by atoms with van der Waals surface area (Å²) in [6, 6.07) is 11.5. The minimum Gasteiger partial charge on any atom is -0.353 e. The van der Waals surface area contributed by atoms with Crippen molar-refractivity contribution in [3.63, 3.8) is 0 Å². The van der Waals surface area contributed by atoms with Crippen LogP contribution in [0, 0.1) is 0 Å². The van der Waals surface area contributed by atoms with E-state index in [1.165, 1.54) is 5.56 Å². The molecule has 1 aromatic carbocycles. The van der Waals surface area contributed by atoms with E-state index in [2.05, 4.69) is 47.5 Å². The molecule has 0 aliphatic carbocycles. The van der Waals surface area contributed by atoms with Gasteiger partial charge in [-0.2, -0.15) is 0 Å². The molecule has 2 unspecified atom stereocenters. The third kappa shape index (κ3) is 6.62. The van der Waals surface area contributed by atoms with Crippen LogP contribution in [0.25, 0.3) is 0 Å². The number of rotatable bonds is 9. The van der Waals surface area contributed by atoms with Gasteiger partial charge in [-0.3, -0.25) is 9.69 Å².